The van der Waals surface area contributed by atoms with Crippen LogP contribution in [0.3, 0.4) is 0 Å². The van der Waals surface area contributed by atoms with Crippen molar-refractivity contribution in [2.45, 2.75) is 12.5 Å². The topological polar surface area (TPSA) is 55.6 Å². The van der Waals surface area contributed by atoms with Gasteiger partial charge in [-0.2, -0.15) is 0 Å². The zero-order chi connectivity index (χ0) is 11.7. The second-order valence-electron chi connectivity index (χ2n) is 4.23. The van der Waals surface area contributed by atoms with Gasteiger partial charge in [0.1, 0.15) is 11.8 Å². The van der Waals surface area contributed by atoms with Gasteiger partial charge in [0.05, 0.1) is 6.61 Å². The molecule has 0 spiro atoms. The predicted molar refractivity (Wildman–Crippen MR) is 61.3 cm³/mol. The molecule has 1 amide bonds. The molecule has 0 saturated carbocycles. The zero-order valence-corrected chi connectivity index (χ0v) is 9.56. The third-order valence-electron chi connectivity index (χ3n) is 2.82. The van der Waals surface area contributed by atoms with E-state index in [4.69, 9.17) is 10.5 Å². The molecule has 0 radical (unpaired) electrons. The van der Waals surface area contributed by atoms with Crippen molar-refractivity contribution < 1.29 is 9.53 Å². The van der Waals surface area contributed by atoms with Crippen molar-refractivity contribution in [1.82, 2.24) is 4.90 Å². The van der Waals surface area contributed by atoms with Crippen LogP contribution < -0.4 is 10.5 Å². The number of amides is 1. The Morgan fingerprint density at radius 1 is 1.50 bits per heavy atom. The average molecular weight is 220 g/mol. The first-order valence-electron chi connectivity index (χ1n) is 5.31. The van der Waals surface area contributed by atoms with Crippen LogP contribution in [0.15, 0.2) is 18.2 Å². The standard InChI is InChI=1S/C12H16N2O2/c1-14(2)11(12(13)15)9-3-4-10-8(7-9)5-6-16-10/h3-4,7,11H,5-6H2,1-2H3,(H2,13,15). The third-order valence-corrected chi connectivity index (χ3v) is 2.82. The van der Waals surface area contributed by atoms with Crippen LogP contribution in [0.4, 0.5) is 0 Å². The maximum atomic E-state index is 11.4. The van der Waals surface area contributed by atoms with E-state index in [0.717, 1.165) is 29.9 Å². The van der Waals surface area contributed by atoms with Crippen molar-refractivity contribution in [2.24, 2.45) is 5.73 Å². The van der Waals surface area contributed by atoms with Gasteiger partial charge in [-0.15, -0.1) is 0 Å². The molecule has 2 rings (SSSR count). The van der Waals surface area contributed by atoms with Crippen molar-refractivity contribution in [3.63, 3.8) is 0 Å². The van der Waals surface area contributed by atoms with E-state index < -0.39 is 0 Å². The van der Waals surface area contributed by atoms with Gasteiger partial charge in [0.2, 0.25) is 5.91 Å². The van der Waals surface area contributed by atoms with E-state index in [1.54, 1.807) is 0 Å². The van der Waals surface area contributed by atoms with E-state index in [2.05, 4.69) is 0 Å². The number of hydrogen-bond donors (Lipinski definition) is 1. The lowest BCUT2D eigenvalue weighted by molar-refractivity contribution is -0.122. The Balaban J connectivity index is 2.35. The van der Waals surface area contributed by atoms with Gasteiger partial charge in [-0.3, -0.25) is 9.69 Å². The minimum absolute atomic E-state index is 0.330. The number of rotatable bonds is 3. The molecule has 4 heteroatoms. The molecule has 4 nitrogen and oxygen atoms in total. The zero-order valence-electron chi connectivity index (χ0n) is 9.56. The second-order valence-corrected chi connectivity index (χ2v) is 4.23. The first-order valence-corrected chi connectivity index (χ1v) is 5.31. The summed E-state index contributed by atoms with van der Waals surface area (Å²) >= 11 is 0. The van der Waals surface area contributed by atoms with Crippen LogP contribution in [0.2, 0.25) is 0 Å². The fraction of sp³-hybridized carbons (Fsp3) is 0.417. The Hall–Kier alpha value is -1.55. The third kappa shape index (κ3) is 1.88. The molecule has 0 aliphatic carbocycles. The van der Waals surface area contributed by atoms with E-state index in [0.29, 0.717) is 0 Å². The number of nitrogens with zero attached hydrogens (tertiary/aromatic N) is 1. The Bertz CT molecular complexity index is 415. The lowest BCUT2D eigenvalue weighted by Crippen LogP contribution is -2.32. The van der Waals surface area contributed by atoms with Gasteiger partial charge in [0, 0.05) is 6.42 Å². The van der Waals surface area contributed by atoms with Crippen molar-refractivity contribution in [1.29, 1.82) is 0 Å². The number of nitrogens with two attached hydrogens (primary N) is 1. The lowest BCUT2D eigenvalue weighted by atomic mass is 10.0. The first kappa shape index (κ1) is 11.0. The minimum atomic E-state index is -0.370. The van der Waals surface area contributed by atoms with Crippen molar-refractivity contribution in [3.05, 3.63) is 29.3 Å². The van der Waals surface area contributed by atoms with E-state index in [1.807, 2.05) is 37.2 Å². The van der Waals surface area contributed by atoms with Crippen LogP contribution in [0.5, 0.6) is 5.75 Å². The molecule has 86 valence electrons. The van der Waals surface area contributed by atoms with Gasteiger partial charge in [0.25, 0.3) is 0 Å². The largest absolute Gasteiger partial charge is 0.493 e. The normalized spacial score (nSPS) is 15.7. The highest BCUT2D eigenvalue weighted by molar-refractivity contribution is 5.81. The highest BCUT2D eigenvalue weighted by Crippen LogP contribution is 2.29. The Morgan fingerprint density at radius 3 is 2.88 bits per heavy atom. The monoisotopic (exact) mass is 220 g/mol. The molecule has 1 aromatic carbocycles. The number of ether oxygens (including phenoxy) is 1. The maximum Gasteiger partial charge on any atom is 0.239 e. The maximum absolute atomic E-state index is 11.4. The Kier molecular flexibility index (Phi) is 2.83. The predicted octanol–water partition coefficient (Wildman–Crippen LogP) is 0.710. The summed E-state index contributed by atoms with van der Waals surface area (Å²) in [5.41, 5.74) is 7.49. The van der Waals surface area contributed by atoms with Crippen molar-refractivity contribution >= 4 is 5.91 Å². The van der Waals surface area contributed by atoms with Gasteiger partial charge in [-0.25, -0.2) is 0 Å². The SMILES string of the molecule is CN(C)C(C(N)=O)c1ccc2c(c1)CCO2. The number of benzene rings is 1. The van der Waals surface area contributed by atoms with Crippen LogP contribution >= 0.6 is 0 Å². The Labute approximate surface area is 95.0 Å². The van der Waals surface area contributed by atoms with Crippen LogP contribution in [-0.4, -0.2) is 31.5 Å². The van der Waals surface area contributed by atoms with Gasteiger partial charge >= 0.3 is 0 Å². The average Bonchev–Trinajstić information content (AvgIpc) is 2.63. The van der Waals surface area contributed by atoms with Gasteiger partial charge in [-0.05, 0) is 37.4 Å². The summed E-state index contributed by atoms with van der Waals surface area (Å²) in [5.74, 6) is 0.592. The van der Waals surface area contributed by atoms with Crippen LogP contribution in [0.1, 0.15) is 17.2 Å². The smallest absolute Gasteiger partial charge is 0.239 e. The molecule has 0 bridgehead atoms. The molecular formula is C12H16N2O2. The van der Waals surface area contributed by atoms with E-state index in [9.17, 15) is 4.79 Å². The molecule has 0 aromatic heterocycles. The number of primary amides is 1. The van der Waals surface area contributed by atoms with Crippen molar-refractivity contribution in [2.75, 3.05) is 20.7 Å². The second kappa shape index (κ2) is 4.14. The van der Waals surface area contributed by atoms with Crippen molar-refractivity contribution in [3.8, 4) is 5.75 Å². The molecule has 1 unspecified atom stereocenters. The molecule has 16 heavy (non-hydrogen) atoms. The molecule has 1 aromatic rings. The van der Waals surface area contributed by atoms with Crippen LogP contribution in [-0.2, 0) is 11.2 Å². The van der Waals surface area contributed by atoms with E-state index in [-0.39, 0.29) is 11.9 Å². The summed E-state index contributed by atoms with van der Waals surface area (Å²) in [6, 6.07) is 5.46. The van der Waals surface area contributed by atoms with Gasteiger partial charge in [0.15, 0.2) is 0 Å². The van der Waals surface area contributed by atoms with Crippen LogP contribution in [0, 0.1) is 0 Å². The summed E-state index contributed by atoms with van der Waals surface area (Å²) in [6.45, 7) is 0.724. The van der Waals surface area contributed by atoms with E-state index in [1.165, 1.54) is 0 Å². The van der Waals surface area contributed by atoms with Gasteiger partial charge in [-0.1, -0.05) is 6.07 Å². The molecule has 0 fully saturated rings. The molecule has 1 aliphatic rings. The number of fused-ring (bicyclic) bond motifs is 1. The molecule has 1 heterocycles. The first-order chi connectivity index (χ1) is 7.59. The van der Waals surface area contributed by atoms with E-state index >= 15 is 0 Å². The highest BCUT2D eigenvalue weighted by Gasteiger charge is 2.22. The number of hydrogen-bond acceptors (Lipinski definition) is 3. The quantitative estimate of drug-likeness (QED) is 0.816. The fourth-order valence-electron chi connectivity index (χ4n) is 2.09. The molecule has 1 atom stereocenters. The van der Waals surface area contributed by atoms with Crippen LogP contribution in [0.25, 0.3) is 0 Å². The summed E-state index contributed by atoms with van der Waals surface area (Å²) < 4.78 is 5.42. The summed E-state index contributed by atoms with van der Waals surface area (Å²) in [7, 11) is 3.69. The number of carbonyl (C=O) groups excluding carboxylic acids is 1. The molecule has 0 saturated heterocycles. The molecule has 1 aliphatic heterocycles. The Morgan fingerprint density at radius 2 is 2.25 bits per heavy atom. The highest BCUT2D eigenvalue weighted by atomic mass is 16.5. The number of carbonyl (C=O) groups is 1. The molecule has 2 N–H and O–H groups in total. The lowest BCUT2D eigenvalue weighted by Gasteiger charge is -2.21. The minimum Gasteiger partial charge on any atom is -0.493 e. The summed E-state index contributed by atoms with van der Waals surface area (Å²) in [6.07, 6.45) is 0.905. The number of likely N-dealkylation sites (N-methyl/N-ethyl adjacent to an activating group) is 1. The summed E-state index contributed by atoms with van der Waals surface area (Å²) in [4.78, 5) is 13.2. The molecular weight excluding hydrogens is 204 g/mol. The summed E-state index contributed by atoms with van der Waals surface area (Å²) in [5, 5.41) is 0. The van der Waals surface area contributed by atoms with Gasteiger partial charge < -0.3 is 10.5 Å². The fourth-order valence-corrected chi connectivity index (χ4v) is 2.09.